The minimum absolute atomic E-state index is 0.00949. The summed E-state index contributed by atoms with van der Waals surface area (Å²) in [7, 11) is -3.55. The van der Waals surface area contributed by atoms with Crippen molar-refractivity contribution in [1.29, 1.82) is 0 Å². The van der Waals surface area contributed by atoms with Gasteiger partial charge in [-0.2, -0.15) is 9.41 Å². The number of nitrogens with one attached hydrogen (secondary N) is 1. The summed E-state index contributed by atoms with van der Waals surface area (Å²) >= 11 is 0. The van der Waals surface area contributed by atoms with Crippen LogP contribution in [0.2, 0.25) is 0 Å². The molecule has 0 saturated carbocycles. The van der Waals surface area contributed by atoms with Gasteiger partial charge in [0.25, 0.3) is 5.91 Å². The van der Waals surface area contributed by atoms with Gasteiger partial charge >= 0.3 is 0 Å². The largest absolute Gasteiger partial charge is 0.504 e. The first kappa shape index (κ1) is 22.4. The highest BCUT2D eigenvalue weighted by Gasteiger charge is 2.19. The molecule has 0 saturated heterocycles. The normalized spacial score (nSPS) is 11.7. The molecule has 2 N–H and O–H groups in total. The summed E-state index contributed by atoms with van der Waals surface area (Å²) in [6, 6.07) is 14.1. The Labute approximate surface area is 170 Å². The number of carbonyl (C=O) groups is 1. The molecular weight excluding hydrogens is 394 g/mol. The van der Waals surface area contributed by atoms with Crippen molar-refractivity contribution in [1.82, 2.24) is 9.73 Å². The second-order valence-electron chi connectivity index (χ2n) is 6.29. The first-order chi connectivity index (χ1) is 13.8. The Bertz CT molecular complexity index is 946. The monoisotopic (exact) mass is 419 g/mol. The number of phenolic OH excluding ortho intramolecular Hbond substituents is 1. The van der Waals surface area contributed by atoms with Crippen LogP contribution in [0.5, 0.6) is 11.5 Å². The fourth-order valence-electron chi connectivity index (χ4n) is 2.52. The number of benzene rings is 2. The number of hydrazone groups is 1. The minimum atomic E-state index is -3.55. The number of rotatable bonds is 10. The molecule has 8 nitrogen and oxygen atoms in total. The third-order valence-electron chi connectivity index (χ3n) is 3.97. The molecule has 0 unspecified atom stereocenters. The zero-order chi connectivity index (χ0) is 21.3. The molecule has 0 aliphatic carbocycles. The van der Waals surface area contributed by atoms with E-state index in [4.69, 9.17) is 4.74 Å². The van der Waals surface area contributed by atoms with Crippen LogP contribution in [0.3, 0.4) is 0 Å². The molecule has 2 aromatic carbocycles. The van der Waals surface area contributed by atoms with Crippen molar-refractivity contribution in [2.75, 3.05) is 26.0 Å². The van der Waals surface area contributed by atoms with Crippen LogP contribution < -0.4 is 10.2 Å². The van der Waals surface area contributed by atoms with Crippen molar-refractivity contribution in [3.63, 3.8) is 0 Å². The molecule has 0 radical (unpaired) electrons. The van der Waals surface area contributed by atoms with Crippen LogP contribution >= 0.6 is 0 Å². The lowest BCUT2D eigenvalue weighted by Crippen LogP contribution is -2.40. The van der Waals surface area contributed by atoms with Crippen molar-refractivity contribution >= 4 is 22.1 Å². The zero-order valence-electron chi connectivity index (χ0n) is 16.4. The van der Waals surface area contributed by atoms with E-state index in [0.717, 1.165) is 16.1 Å². The van der Waals surface area contributed by atoms with Crippen LogP contribution in [0, 0.1) is 0 Å². The van der Waals surface area contributed by atoms with E-state index in [-0.39, 0.29) is 18.8 Å². The van der Waals surface area contributed by atoms with Crippen LogP contribution in [0.1, 0.15) is 18.1 Å². The van der Waals surface area contributed by atoms with Gasteiger partial charge in [-0.3, -0.25) is 4.79 Å². The summed E-state index contributed by atoms with van der Waals surface area (Å²) in [4.78, 5) is 12.1. The van der Waals surface area contributed by atoms with Gasteiger partial charge in [-0.25, -0.2) is 13.8 Å². The second kappa shape index (κ2) is 10.6. The van der Waals surface area contributed by atoms with Crippen LogP contribution in [0.15, 0.2) is 53.6 Å². The number of aromatic hydroxyl groups is 1. The molecule has 156 valence electrons. The maximum atomic E-state index is 12.1. The van der Waals surface area contributed by atoms with E-state index in [1.54, 1.807) is 19.1 Å². The predicted octanol–water partition coefficient (Wildman–Crippen LogP) is 1.75. The highest BCUT2D eigenvalue weighted by atomic mass is 32.2. The number of amides is 1. The summed E-state index contributed by atoms with van der Waals surface area (Å²) < 4.78 is 30.4. The molecular formula is C20H25N3O5S. The van der Waals surface area contributed by atoms with E-state index in [9.17, 15) is 18.3 Å². The number of phenols is 1. The molecule has 0 spiro atoms. The van der Waals surface area contributed by atoms with Crippen molar-refractivity contribution in [3.05, 3.63) is 59.7 Å². The van der Waals surface area contributed by atoms with Gasteiger partial charge in [0, 0.05) is 6.54 Å². The Morgan fingerprint density at radius 3 is 2.62 bits per heavy atom. The molecule has 0 bridgehead atoms. The molecule has 0 heterocycles. The Morgan fingerprint density at radius 1 is 1.24 bits per heavy atom. The number of hydrogen-bond donors (Lipinski definition) is 2. The maximum absolute atomic E-state index is 12.1. The topological polar surface area (TPSA) is 108 Å². The third kappa shape index (κ3) is 7.55. The van der Waals surface area contributed by atoms with Crippen LogP contribution in [0.4, 0.5) is 0 Å². The fourth-order valence-corrected chi connectivity index (χ4v) is 3.29. The first-order valence-electron chi connectivity index (χ1n) is 9.06. The summed E-state index contributed by atoms with van der Waals surface area (Å²) in [5, 5.41) is 13.5. The molecule has 2 aromatic rings. The standard InChI is InChI=1S/C20H25N3O5S/c1-3-28-19-13-17(9-10-18(19)24)14-21-22-20(25)15-23(29(2,26)27)12-11-16-7-5-4-6-8-16/h4-10,13-14,24H,3,11-12,15H2,1-2H3,(H,22,25)/b21-14+. The van der Waals surface area contributed by atoms with Gasteiger partial charge in [0.05, 0.1) is 25.6 Å². The molecule has 29 heavy (non-hydrogen) atoms. The Morgan fingerprint density at radius 2 is 1.97 bits per heavy atom. The number of ether oxygens (including phenoxy) is 1. The van der Waals surface area contributed by atoms with E-state index in [1.807, 2.05) is 30.3 Å². The van der Waals surface area contributed by atoms with E-state index in [0.29, 0.717) is 24.3 Å². The van der Waals surface area contributed by atoms with E-state index < -0.39 is 15.9 Å². The maximum Gasteiger partial charge on any atom is 0.255 e. The first-order valence-corrected chi connectivity index (χ1v) is 10.9. The molecule has 0 atom stereocenters. The number of carbonyl (C=O) groups excluding carboxylic acids is 1. The van der Waals surface area contributed by atoms with Gasteiger partial charge in [-0.1, -0.05) is 30.3 Å². The second-order valence-corrected chi connectivity index (χ2v) is 8.27. The predicted molar refractivity (Wildman–Crippen MR) is 112 cm³/mol. The molecule has 9 heteroatoms. The van der Waals surface area contributed by atoms with Crippen LogP contribution in [-0.2, 0) is 21.2 Å². The van der Waals surface area contributed by atoms with Gasteiger partial charge in [0.2, 0.25) is 10.0 Å². The Hall–Kier alpha value is -2.91. The average Bonchev–Trinajstić information content (AvgIpc) is 2.67. The molecule has 0 fully saturated rings. The van der Waals surface area contributed by atoms with Gasteiger partial charge in [-0.15, -0.1) is 0 Å². The molecule has 0 aromatic heterocycles. The Balaban J connectivity index is 1.94. The number of hydrogen-bond acceptors (Lipinski definition) is 6. The summed E-state index contributed by atoms with van der Waals surface area (Å²) in [5.41, 5.74) is 3.91. The SMILES string of the molecule is CCOc1cc(/C=N/NC(=O)CN(CCc2ccccc2)S(C)(=O)=O)ccc1O. The molecule has 1 amide bonds. The minimum Gasteiger partial charge on any atom is -0.504 e. The van der Waals surface area contributed by atoms with Crippen molar-refractivity contribution in [3.8, 4) is 11.5 Å². The van der Waals surface area contributed by atoms with Crippen LogP contribution in [-0.4, -0.2) is 55.9 Å². The highest BCUT2D eigenvalue weighted by molar-refractivity contribution is 7.88. The van der Waals surface area contributed by atoms with Gasteiger partial charge in [-0.05, 0) is 42.7 Å². The number of sulfonamides is 1. The Kier molecular flexibility index (Phi) is 8.17. The van der Waals surface area contributed by atoms with E-state index in [2.05, 4.69) is 10.5 Å². The number of nitrogens with zero attached hydrogens (tertiary/aromatic N) is 2. The zero-order valence-corrected chi connectivity index (χ0v) is 17.2. The molecule has 2 rings (SSSR count). The quantitative estimate of drug-likeness (QED) is 0.451. The van der Waals surface area contributed by atoms with Crippen LogP contribution in [0.25, 0.3) is 0 Å². The average molecular weight is 420 g/mol. The van der Waals surface area contributed by atoms with Crippen molar-refractivity contribution in [2.45, 2.75) is 13.3 Å². The highest BCUT2D eigenvalue weighted by Crippen LogP contribution is 2.26. The lowest BCUT2D eigenvalue weighted by atomic mass is 10.1. The van der Waals surface area contributed by atoms with Gasteiger partial charge in [0.1, 0.15) is 0 Å². The third-order valence-corrected chi connectivity index (χ3v) is 5.22. The molecule has 0 aliphatic heterocycles. The fraction of sp³-hybridized carbons (Fsp3) is 0.300. The van der Waals surface area contributed by atoms with Crippen molar-refractivity contribution < 1.29 is 23.1 Å². The summed E-state index contributed by atoms with van der Waals surface area (Å²) in [6.45, 7) is 2.05. The van der Waals surface area contributed by atoms with Crippen molar-refractivity contribution in [2.24, 2.45) is 5.10 Å². The smallest absolute Gasteiger partial charge is 0.255 e. The van der Waals surface area contributed by atoms with E-state index >= 15 is 0 Å². The van der Waals surface area contributed by atoms with Gasteiger partial charge in [0.15, 0.2) is 11.5 Å². The lowest BCUT2D eigenvalue weighted by Gasteiger charge is -2.18. The van der Waals surface area contributed by atoms with Gasteiger partial charge < -0.3 is 9.84 Å². The summed E-state index contributed by atoms with van der Waals surface area (Å²) in [5.74, 6) is -0.231. The summed E-state index contributed by atoms with van der Waals surface area (Å²) in [6.07, 6.45) is 2.95. The molecule has 0 aliphatic rings. The van der Waals surface area contributed by atoms with E-state index in [1.165, 1.54) is 12.3 Å². The lowest BCUT2D eigenvalue weighted by molar-refractivity contribution is -0.121.